The zero-order chi connectivity index (χ0) is 13.8. The Morgan fingerprint density at radius 1 is 1.22 bits per heavy atom. The lowest BCUT2D eigenvalue weighted by Crippen LogP contribution is -2.37. The van der Waals surface area contributed by atoms with E-state index >= 15 is 0 Å². The topological polar surface area (TPSA) is 85.2 Å². The van der Waals surface area contributed by atoms with Crippen molar-refractivity contribution in [1.82, 2.24) is 15.5 Å². The van der Waals surface area contributed by atoms with E-state index in [9.17, 15) is 9.59 Å². The molecule has 0 heterocycles. The number of hydrogen-bond acceptors (Lipinski definition) is 4. The van der Waals surface area contributed by atoms with Crippen molar-refractivity contribution >= 4 is 11.8 Å². The highest BCUT2D eigenvalue weighted by molar-refractivity contribution is 5.78. The van der Waals surface area contributed by atoms with Gasteiger partial charge in [0, 0.05) is 32.6 Å². The minimum atomic E-state index is -0.152. The lowest BCUT2D eigenvalue weighted by molar-refractivity contribution is -0.131. The number of carbonyl (C=O) groups excluding carboxylic acids is 2. The highest BCUT2D eigenvalue weighted by atomic mass is 16.2. The van der Waals surface area contributed by atoms with Gasteiger partial charge >= 0.3 is 0 Å². The fraction of sp³-hybridized carbons (Fsp3) is 0.750. The van der Waals surface area contributed by atoms with Crippen LogP contribution in [0.25, 0.3) is 0 Å². The summed E-state index contributed by atoms with van der Waals surface area (Å²) < 4.78 is 0. The lowest BCUT2D eigenvalue weighted by Gasteiger charge is -2.18. The van der Waals surface area contributed by atoms with Gasteiger partial charge in [0.05, 0.1) is 19.0 Å². The van der Waals surface area contributed by atoms with Gasteiger partial charge in [-0.2, -0.15) is 5.26 Å². The van der Waals surface area contributed by atoms with Gasteiger partial charge in [0.15, 0.2) is 0 Å². The first-order chi connectivity index (χ1) is 8.65. The summed E-state index contributed by atoms with van der Waals surface area (Å²) in [4.78, 5) is 24.6. The van der Waals surface area contributed by atoms with E-state index in [1.807, 2.05) is 19.9 Å². The number of nitriles is 1. The number of amides is 2. The average molecular weight is 254 g/mol. The summed E-state index contributed by atoms with van der Waals surface area (Å²) in [5, 5.41) is 13.8. The van der Waals surface area contributed by atoms with Gasteiger partial charge in [-0.05, 0) is 13.8 Å². The molecule has 18 heavy (non-hydrogen) atoms. The van der Waals surface area contributed by atoms with Gasteiger partial charge in [0.2, 0.25) is 11.8 Å². The molecule has 0 spiro atoms. The van der Waals surface area contributed by atoms with Crippen molar-refractivity contribution in [3.8, 4) is 6.07 Å². The minimum Gasteiger partial charge on any atom is -0.354 e. The number of rotatable bonds is 9. The van der Waals surface area contributed by atoms with Gasteiger partial charge < -0.3 is 15.5 Å². The fourth-order valence-electron chi connectivity index (χ4n) is 1.45. The number of hydrogen-bond donors (Lipinski definition) is 2. The van der Waals surface area contributed by atoms with E-state index in [1.165, 1.54) is 0 Å². The second kappa shape index (κ2) is 10.5. The van der Waals surface area contributed by atoms with Gasteiger partial charge in [-0.1, -0.05) is 0 Å². The molecule has 0 aliphatic rings. The van der Waals surface area contributed by atoms with Gasteiger partial charge in [-0.3, -0.25) is 9.59 Å². The summed E-state index contributed by atoms with van der Waals surface area (Å²) in [5.41, 5.74) is 0. The van der Waals surface area contributed by atoms with Crippen LogP contribution >= 0.6 is 0 Å². The molecule has 0 fully saturated rings. The van der Waals surface area contributed by atoms with E-state index in [-0.39, 0.29) is 18.4 Å². The molecule has 0 aliphatic carbocycles. The Bertz CT molecular complexity index is 295. The Labute approximate surface area is 108 Å². The molecule has 0 saturated heterocycles. The molecule has 0 rings (SSSR count). The Balaban J connectivity index is 3.58. The Kier molecular flexibility index (Phi) is 9.60. The quantitative estimate of drug-likeness (QED) is 0.561. The molecule has 0 radical (unpaired) electrons. The second-order valence-electron chi connectivity index (χ2n) is 3.75. The molecule has 0 bridgehead atoms. The van der Waals surface area contributed by atoms with Crippen LogP contribution in [-0.2, 0) is 9.59 Å². The van der Waals surface area contributed by atoms with Crippen LogP contribution in [-0.4, -0.2) is 49.4 Å². The number of nitrogens with one attached hydrogen (secondary N) is 2. The summed E-state index contributed by atoms with van der Waals surface area (Å²) >= 11 is 0. The fourth-order valence-corrected chi connectivity index (χ4v) is 1.45. The highest BCUT2D eigenvalue weighted by Gasteiger charge is 2.08. The lowest BCUT2D eigenvalue weighted by atomic mass is 10.3. The first kappa shape index (κ1) is 16.4. The average Bonchev–Trinajstić information content (AvgIpc) is 2.36. The predicted molar refractivity (Wildman–Crippen MR) is 68.7 cm³/mol. The van der Waals surface area contributed by atoms with E-state index in [4.69, 9.17) is 5.26 Å². The van der Waals surface area contributed by atoms with E-state index in [1.54, 1.807) is 4.90 Å². The molecule has 0 atom stereocenters. The Hall–Kier alpha value is -1.61. The molecule has 0 saturated carbocycles. The summed E-state index contributed by atoms with van der Waals surface area (Å²) in [6.45, 7) is 6.34. The van der Waals surface area contributed by atoms with Crippen LogP contribution in [0.15, 0.2) is 0 Å². The van der Waals surface area contributed by atoms with Crippen molar-refractivity contribution in [1.29, 1.82) is 5.26 Å². The third kappa shape index (κ3) is 7.63. The van der Waals surface area contributed by atoms with Crippen LogP contribution in [0.2, 0.25) is 0 Å². The molecule has 0 unspecified atom stereocenters. The zero-order valence-electron chi connectivity index (χ0n) is 11.2. The van der Waals surface area contributed by atoms with Crippen molar-refractivity contribution in [2.24, 2.45) is 0 Å². The molecule has 6 heteroatoms. The van der Waals surface area contributed by atoms with E-state index < -0.39 is 0 Å². The van der Waals surface area contributed by atoms with Crippen LogP contribution in [0.5, 0.6) is 0 Å². The largest absolute Gasteiger partial charge is 0.354 e. The summed E-state index contributed by atoms with van der Waals surface area (Å²) in [6.07, 6.45) is 0.708. The first-order valence-electron chi connectivity index (χ1n) is 6.27. The van der Waals surface area contributed by atoms with Gasteiger partial charge in [-0.25, -0.2) is 0 Å². The van der Waals surface area contributed by atoms with E-state index in [2.05, 4.69) is 10.6 Å². The summed E-state index contributed by atoms with van der Waals surface area (Å²) in [6, 6.07) is 1.95. The maximum absolute atomic E-state index is 11.6. The SMILES string of the molecule is CCN(CC)C(=O)CCNCC(=O)NCCC#N. The molecule has 0 aromatic rings. The monoisotopic (exact) mass is 254 g/mol. The third-order valence-electron chi connectivity index (χ3n) is 2.48. The maximum atomic E-state index is 11.6. The predicted octanol–water partition coefficient (Wildman–Crippen LogP) is -0.136. The molecule has 2 amide bonds. The van der Waals surface area contributed by atoms with Crippen molar-refractivity contribution in [2.75, 3.05) is 32.7 Å². The second-order valence-corrected chi connectivity index (χ2v) is 3.75. The van der Waals surface area contributed by atoms with Crippen LogP contribution in [0, 0.1) is 11.3 Å². The van der Waals surface area contributed by atoms with Gasteiger partial charge in [0.1, 0.15) is 0 Å². The molecule has 0 aliphatic heterocycles. The molecule has 6 nitrogen and oxygen atoms in total. The number of carbonyl (C=O) groups is 2. The Morgan fingerprint density at radius 3 is 2.44 bits per heavy atom. The molecular formula is C12H22N4O2. The molecular weight excluding hydrogens is 232 g/mol. The number of nitrogens with zero attached hydrogens (tertiary/aromatic N) is 2. The molecule has 0 aromatic heterocycles. The van der Waals surface area contributed by atoms with Crippen molar-refractivity contribution in [2.45, 2.75) is 26.7 Å². The van der Waals surface area contributed by atoms with Crippen LogP contribution in [0.1, 0.15) is 26.7 Å². The van der Waals surface area contributed by atoms with E-state index in [0.29, 0.717) is 39.0 Å². The first-order valence-corrected chi connectivity index (χ1v) is 6.27. The summed E-state index contributed by atoms with van der Waals surface area (Å²) in [5.74, 6) is -0.0575. The van der Waals surface area contributed by atoms with Crippen LogP contribution < -0.4 is 10.6 Å². The highest BCUT2D eigenvalue weighted by Crippen LogP contribution is 1.92. The van der Waals surface area contributed by atoms with Crippen LogP contribution in [0.3, 0.4) is 0 Å². The molecule has 0 aromatic carbocycles. The molecule has 2 N–H and O–H groups in total. The van der Waals surface area contributed by atoms with Gasteiger partial charge in [0.25, 0.3) is 0 Å². The van der Waals surface area contributed by atoms with Crippen molar-refractivity contribution < 1.29 is 9.59 Å². The maximum Gasteiger partial charge on any atom is 0.233 e. The summed E-state index contributed by atoms with van der Waals surface area (Å²) in [7, 11) is 0. The molecule has 102 valence electrons. The standard InChI is InChI=1S/C12H22N4O2/c1-3-16(4-2)12(18)6-9-14-10-11(17)15-8-5-7-13/h14H,3-6,8-10H2,1-2H3,(H,15,17). The Morgan fingerprint density at radius 2 is 1.89 bits per heavy atom. The normalized spacial score (nSPS) is 9.61. The van der Waals surface area contributed by atoms with Crippen LogP contribution in [0.4, 0.5) is 0 Å². The van der Waals surface area contributed by atoms with Gasteiger partial charge in [-0.15, -0.1) is 0 Å². The zero-order valence-corrected chi connectivity index (χ0v) is 11.2. The smallest absolute Gasteiger partial charge is 0.233 e. The van der Waals surface area contributed by atoms with E-state index in [0.717, 1.165) is 0 Å². The minimum absolute atomic E-state index is 0.0948. The third-order valence-corrected chi connectivity index (χ3v) is 2.48. The van der Waals surface area contributed by atoms with Crippen molar-refractivity contribution in [3.63, 3.8) is 0 Å². The van der Waals surface area contributed by atoms with Crippen molar-refractivity contribution in [3.05, 3.63) is 0 Å².